The molecule has 4 rings (SSSR count). The molecule has 7 nitrogen and oxygen atoms in total. The number of fused-ring (bicyclic) bond motifs is 1. The molecule has 0 saturated carbocycles. The minimum atomic E-state index is -0.604. The van der Waals surface area contributed by atoms with E-state index in [9.17, 15) is 18.4 Å². The second-order valence-electron chi connectivity index (χ2n) is 8.43. The molecular weight excluding hydrogens is 404 g/mol. The van der Waals surface area contributed by atoms with Crippen LogP contribution >= 0.6 is 0 Å². The standard InChI is InChI=1S/C22H27F2N5O2/c1-14(2)27-7-9-28(10-8-27)22(31)21-17-13-29(6-5-19(17)25-26-21)20(30)12-15-11-16(23)3-4-18(15)24/h3-4,11,14H,5-10,12-13H2,1-2H3,(H,25,26). The van der Waals surface area contributed by atoms with Crippen LogP contribution in [0.4, 0.5) is 8.78 Å². The fourth-order valence-corrected chi connectivity index (χ4v) is 4.23. The minimum Gasteiger partial charge on any atom is -0.338 e. The number of benzene rings is 1. The normalized spacial score (nSPS) is 17.2. The number of amides is 2. The van der Waals surface area contributed by atoms with E-state index in [2.05, 4.69) is 28.9 Å². The topological polar surface area (TPSA) is 72.5 Å². The van der Waals surface area contributed by atoms with E-state index in [4.69, 9.17) is 0 Å². The van der Waals surface area contributed by atoms with Gasteiger partial charge in [0.1, 0.15) is 11.6 Å². The highest BCUT2D eigenvalue weighted by Crippen LogP contribution is 2.23. The van der Waals surface area contributed by atoms with Crippen molar-refractivity contribution < 1.29 is 18.4 Å². The number of piperazine rings is 1. The van der Waals surface area contributed by atoms with E-state index in [0.29, 0.717) is 37.8 Å². The summed E-state index contributed by atoms with van der Waals surface area (Å²) in [5.41, 5.74) is 1.95. The van der Waals surface area contributed by atoms with Crippen LogP contribution in [0.3, 0.4) is 0 Å². The van der Waals surface area contributed by atoms with Crippen LogP contribution in [0.25, 0.3) is 0 Å². The lowest BCUT2D eigenvalue weighted by molar-refractivity contribution is -0.131. The summed E-state index contributed by atoms with van der Waals surface area (Å²) in [6.07, 6.45) is 0.311. The van der Waals surface area contributed by atoms with Gasteiger partial charge in [-0.2, -0.15) is 5.10 Å². The maximum absolute atomic E-state index is 13.9. The molecule has 2 amide bonds. The number of hydrogen-bond acceptors (Lipinski definition) is 4. The van der Waals surface area contributed by atoms with Crippen molar-refractivity contribution in [1.82, 2.24) is 24.9 Å². The highest BCUT2D eigenvalue weighted by Gasteiger charge is 2.31. The van der Waals surface area contributed by atoms with Gasteiger partial charge in [0.25, 0.3) is 5.91 Å². The molecule has 0 spiro atoms. The Hall–Kier alpha value is -2.81. The molecule has 31 heavy (non-hydrogen) atoms. The summed E-state index contributed by atoms with van der Waals surface area (Å²) in [5.74, 6) is -1.62. The van der Waals surface area contributed by atoms with E-state index in [1.54, 1.807) is 9.80 Å². The molecule has 3 heterocycles. The number of carbonyl (C=O) groups is 2. The first kappa shape index (κ1) is 21.4. The number of nitrogens with zero attached hydrogens (tertiary/aromatic N) is 4. The molecule has 1 aromatic heterocycles. The van der Waals surface area contributed by atoms with Crippen molar-refractivity contribution in [1.29, 1.82) is 0 Å². The third-order valence-corrected chi connectivity index (χ3v) is 6.17. The summed E-state index contributed by atoms with van der Waals surface area (Å²) in [6, 6.07) is 3.54. The summed E-state index contributed by atoms with van der Waals surface area (Å²) in [6.45, 7) is 7.87. The molecule has 2 aromatic rings. The monoisotopic (exact) mass is 431 g/mol. The highest BCUT2D eigenvalue weighted by atomic mass is 19.1. The quantitative estimate of drug-likeness (QED) is 0.804. The lowest BCUT2D eigenvalue weighted by Crippen LogP contribution is -2.51. The van der Waals surface area contributed by atoms with Crippen LogP contribution in [0.5, 0.6) is 0 Å². The van der Waals surface area contributed by atoms with Crippen molar-refractivity contribution in [3.05, 3.63) is 52.3 Å². The van der Waals surface area contributed by atoms with Crippen LogP contribution in [-0.2, 0) is 24.2 Å². The van der Waals surface area contributed by atoms with E-state index in [1.807, 2.05) is 0 Å². The SMILES string of the molecule is CC(C)N1CCN(C(=O)c2n[nH]c3c2CN(C(=O)Cc2cc(F)ccc2F)CC3)CC1. The number of halogens is 2. The molecular formula is C22H27F2N5O2. The zero-order valence-electron chi connectivity index (χ0n) is 17.8. The number of aromatic nitrogens is 2. The van der Waals surface area contributed by atoms with E-state index in [0.717, 1.165) is 42.5 Å². The molecule has 2 aliphatic heterocycles. The predicted octanol–water partition coefficient (Wildman–Crippen LogP) is 1.98. The highest BCUT2D eigenvalue weighted by molar-refractivity contribution is 5.94. The first-order valence-electron chi connectivity index (χ1n) is 10.6. The maximum Gasteiger partial charge on any atom is 0.274 e. The van der Waals surface area contributed by atoms with Gasteiger partial charge in [-0.05, 0) is 32.0 Å². The fraction of sp³-hybridized carbons (Fsp3) is 0.500. The van der Waals surface area contributed by atoms with Crippen LogP contribution in [0.15, 0.2) is 18.2 Å². The van der Waals surface area contributed by atoms with Gasteiger partial charge in [-0.3, -0.25) is 19.6 Å². The Labute approximate surface area is 180 Å². The van der Waals surface area contributed by atoms with Crippen LogP contribution in [0, 0.1) is 11.6 Å². The molecule has 1 saturated heterocycles. The fourth-order valence-electron chi connectivity index (χ4n) is 4.23. The molecule has 1 aromatic carbocycles. The van der Waals surface area contributed by atoms with Crippen LogP contribution in [0.2, 0.25) is 0 Å². The first-order chi connectivity index (χ1) is 14.8. The van der Waals surface area contributed by atoms with Crippen molar-refractivity contribution in [2.45, 2.75) is 39.3 Å². The van der Waals surface area contributed by atoms with Crippen LogP contribution < -0.4 is 0 Å². The first-order valence-corrected chi connectivity index (χ1v) is 10.6. The zero-order valence-corrected chi connectivity index (χ0v) is 17.8. The van der Waals surface area contributed by atoms with Gasteiger partial charge in [0.05, 0.1) is 6.42 Å². The van der Waals surface area contributed by atoms with Crippen molar-refractivity contribution >= 4 is 11.8 Å². The minimum absolute atomic E-state index is 0.0299. The molecule has 0 aliphatic carbocycles. The van der Waals surface area contributed by atoms with Gasteiger partial charge in [-0.1, -0.05) is 0 Å². The number of carbonyl (C=O) groups excluding carboxylic acids is 2. The number of H-pyrrole nitrogens is 1. The Morgan fingerprint density at radius 2 is 1.84 bits per heavy atom. The second-order valence-corrected chi connectivity index (χ2v) is 8.43. The van der Waals surface area contributed by atoms with Gasteiger partial charge in [0, 0.05) is 68.6 Å². The Morgan fingerprint density at radius 1 is 1.10 bits per heavy atom. The van der Waals surface area contributed by atoms with Gasteiger partial charge in [-0.25, -0.2) is 8.78 Å². The third kappa shape index (κ3) is 4.46. The Balaban J connectivity index is 1.45. The van der Waals surface area contributed by atoms with Gasteiger partial charge in [0.15, 0.2) is 5.69 Å². The Morgan fingerprint density at radius 3 is 2.55 bits per heavy atom. The number of aromatic amines is 1. The smallest absolute Gasteiger partial charge is 0.274 e. The Kier molecular flexibility index (Phi) is 6.04. The van der Waals surface area contributed by atoms with Crippen molar-refractivity contribution in [3.63, 3.8) is 0 Å². The summed E-state index contributed by atoms with van der Waals surface area (Å²) >= 11 is 0. The van der Waals surface area contributed by atoms with Gasteiger partial charge in [0.2, 0.25) is 5.91 Å². The Bertz CT molecular complexity index is 982. The van der Waals surface area contributed by atoms with Gasteiger partial charge >= 0.3 is 0 Å². The average molecular weight is 431 g/mol. The van der Waals surface area contributed by atoms with Crippen molar-refractivity contribution in [2.24, 2.45) is 0 Å². The molecule has 0 bridgehead atoms. The largest absolute Gasteiger partial charge is 0.338 e. The summed E-state index contributed by atoms with van der Waals surface area (Å²) in [5, 5.41) is 7.20. The lowest BCUT2D eigenvalue weighted by Gasteiger charge is -2.37. The molecule has 0 radical (unpaired) electrons. The van der Waals surface area contributed by atoms with E-state index >= 15 is 0 Å². The third-order valence-electron chi connectivity index (χ3n) is 6.17. The zero-order chi connectivity index (χ0) is 22.1. The number of hydrogen-bond donors (Lipinski definition) is 1. The van der Waals surface area contributed by atoms with Crippen molar-refractivity contribution in [3.8, 4) is 0 Å². The van der Waals surface area contributed by atoms with Crippen LogP contribution in [-0.4, -0.2) is 75.5 Å². The molecule has 166 valence electrons. The molecule has 9 heteroatoms. The predicted molar refractivity (Wildman–Crippen MR) is 110 cm³/mol. The maximum atomic E-state index is 13.9. The van der Waals surface area contributed by atoms with E-state index < -0.39 is 11.6 Å². The molecule has 0 unspecified atom stereocenters. The molecule has 0 atom stereocenters. The van der Waals surface area contributed by atoms with Crippen molar-refractivity contribution in [2.75, 3.05) is 32.7 Å². The second kappa shape index (κ2) is 8.74. The van der Waals surface area contributed by atoms with Gasteiger partial charge < -0.3 is 9.80 Å². The van der Waals surface area contributed by atoms with Gasteiger partial charge in [-0.15, -0.1) is 0 Å². The average Bonchev–Trinajstić information content (AvgIpc) is 3.19. The summed E-state index contributed by atoms with van der Waals surface area (Å²) in [4.78, 5) is 31.6. The van der Waals surface area contributed by atoms with E-state index in [-0.39, 0.29) is 30.3 Å². The summed E-state index contributed by atoms with van der Waals surface area (Å²) < 4.78 is 27.4. The van der Waals surface area contributed by atoms with Crippen LogP contribution in [0.1, 0.15) is 41.2 Å². The molecule has 1 N–H and O–H groups in total. The van der Waals surface area contributed by atoms with E-state index in [1.165, 1.54) is 0 Å². The summed E-state index contributed by atoms with van der Waals surface area (Å²) in [7, 11) is 0. The molecule has 2 aliphatic rings. The number of nitrogens with one attached hydrogen (secondary N) is 1. The number of rotatable bonds is 4. The lowest BCUT2D eigenvalue weighted by atomic mass is 10.0. The molecule has 1 fully saturated rings.